The number of nitrogens with one attached hydrogen (secondary N) is 1. The summed E-state index contributed by atoms with van der Waals surface area (Å²) in [5, 5.41) is 2.86. The molecule has 148 valence electrons. The maximum absolute atomic E-state index is 12.8. The molecule has 1 aliphatic heterocycles. The minimum absolute atomic E-state index is 0.0521. The molecule has 1 aromatic carbocycles. The first-order valence-corrected chi connectivity index (χ1v) is 9.94. The molecule has 2 aliphatic rings. The Kier molecular flexibility index (Phi) is 5.11. The van der Waals surface area contributed by atoms with Crippen molar-refractivity contribution in [1.29, 1.82) is 0 Å². The standard InChI is InChI=1S/C22H27N3O3/c1-15-5-3-7-20(16(15)2)24-8-10-25(11-9-24)22(27)19-13-18(19)21(26)23-14-17-6-4-12-28-17/h3-7,12,18-19H,8-11,13-14H2,1-2H3,(H,23,26). The number of benzene rings is 1. The van der Waals surface area contributed by atoms with Gasteiger partial charge in [-0.3, -0.25) is 9.59 Å². The van der Waals surface area contributed by atoms with Crippen LogP contribution in [0, 0.1) is 25.7 Å². The molecule has 1 saturated heterocycles. The summed E-state index contributed by atoms with van der Waals surface area (Å²) in [6, 6.07) is 9.99. The third-order valence-electron chi connectivity index (χ3n) is 5.97. The highest BCUT2D eigenvalue weighted by atomic mass is 16.3. The molecule has 28 heavy (non-hydrogen) atoms. The number of amides is 2. The van der Waals surface area contributed by atoms with E-state index < -0.39 is 0 Å². The van der Waals surface area contributed by atoms with Crippen LogP contribution < -0.4 is 10.2 Å². The van der Waals surface area contributed by atoms with Crippen molar-refractivity contribution in [2.45, 2.75) is 26.8 Å². The van der Waals surface area contributed by atoms with Crippen LogP contribution in [0.25, 0.3) is 0 Å². The zero-order valence-corrected chi connectivity index (χ0v) is 16.5. The molecular formula is C22H27N3O3. The zero-order valence-electron chi connectivity index (χ0n) is 16.5. The van der Waals surface area contributed by atoms with E-state index in [-0.39, 0.29) is 23.7 Å². The molecule has 2 atom stereocenters. The number of aryl methyl sites for hydroxylation is 1. The number of carbonyl (C=O) groups excluding carboxylic acids is 2. The molecule has 2 fully saturated rings. The number of nitrogens with zero attached hydrogens (tertiary/aromatic N) is 2. The van der Waals surface area contributed by atoms with Gasteiger partial charge in [0.15, 0.2) is 0 Å². The Morgan fingerprint density at radius 2 is 1.86 bits per heavy atom. The Labute approximate surface area is 165 Å². The summed E-state index contributed by atoms with van der Waals surface area (Å²) < 4.78 is 5.22. The highest BCUT2D eigenvalue weighted by Gasteiger charge is 2.49. The molecule has 2 amide bonds. The van der Waals surface area contributed by atoms with E-state index in [4.69, 9.17) is 4.42 Å². The first kappa shape index (κ1) is 18.6. The quantitative estimate of drug-likeness (QED) is 0.864. The first-order chi connectivity index (χ1) is 13.5. The highest BCUT2D eigenvalue weighted by molar-refractivity contribution is 5.92. The number of rotatable bonds is 5. The van der Waals surface area contributed by atoms with E-state index in [2.05, 4.69) is 42.3 Å². The van der Waals surface area contributed by atoms with Gasteiger partial charge in [0.05, 0.1) is 24.6 Å². The fraction of sp³-hybridized carbons (Fsp3) is 0.455. The van der Waals surface area contributed by atoms with Crippen LogP contribution in [0.5, 0.6) is 0 Å². The van der Waals surface area contributed by atoms with Crippen molar-refractivity contribution in [2.24, 2.45) is 11.8 Å². The van der Waals surface area contributed by atoms with Gasteiger partial charge < -0.3 is 19.5 Å². The highest BCUT2D eigenvalue weighted by Crippen LogP contribution is 2.40. The van der Waals surface area contributed by atoms with Gasteiger partial charge in [0.1, 0.15) is 5.76 Å². The third-order valence-corrected chi connectivity index (χ3v) is 5.97. The van der Waals surface area contributed by atoms with E-state index in [0.29, 0.717) is 26.1 Å². The maximum Gasteiger partial charge on any atom is 0.226 e. The second kappa shape index (κ2) is 7.70. The summed E-state index contributed by atoms with van der Waals surface area (Å²) in [6.45, 7) is 7.74. The largest absolute Gasteiger partial charge is 0.467 e. The summed E-state index contributed by atoms with van der Waals surface area (Å²) in [7, 11) is 0. The normalized spacial score (nSPS) is 21.5. The maximum atomic E-state index is 12.8. The van der Waals surface area contributed by atoms with Crippen molar-refractivity contribution in [3.05, 3.63) is 53.5 Å². The first-order valence-electron chi connectivity index (χ1n) is 9.94. The summed E-state index contributed by atoms with van der Waals surface area (Å²) in [6.07, 6.45) is 2.24. The van der Waals surface area contributed by atoms with Gasteiger partial charge in [-0.2, -0.15) is 0 Å². The number of anilines is 1. The molecule has 0 bridgehead atoms. The molecule has 1 N–H and O–H groups in total. The van der Waals surface area contributed by atoms with Gasteiger partial charge >= 0.3 is 0 Å². The lowest BCUT2D eigenvalue weighted by atomic mass is 10.1. The number of hydrogen-bond donors (Lipinski definition) is 1. The molecule has 0 radical (unpaired) electrons. The van der Waals surface area contributed by atoms with Crippen LogP contribution in [0.3, 0.4) is 0 Å². The molecular weight excluding hydrogens is 354 g/mol. The fourth-order valence-electron chi connectivity index (χ4n) is 3.96. The monoisotopic (exact) mass is 381 g/mol. The van der Waals surface area contributed by atoms with Crippen molar-refractivity contribution >= 4 is 17.5 Å². The van der Waals surface area contributed by atoms with Crippen LogP contribution in [-0.2, 0) is 16.1 Å². The average Bonchev–Trinajstić information content (AvgIpc) is 3.34. The predicted octanol–water partition coefficient (Wildman–Crippen LogP) is 2.50. The zero-order chi connectivity index (χ0) is 19.7. The average molecular weight is 381 g/mol. The molecule has 2 aromatic rings. The van der Waals surface area contributed by atoms with Gasteiger partial charge in [0.2, 0.25) is 11.8 Å². The van der Waals surface area contributed by atoms with E-state index in [1.54, 1.807) is 12.3 Å². The van der Waals surface area contributed by atoms with E-state index in [1.165, 1.54) is 16.8 Å². The van der Waals surface area contributed by atoms with Gasteiger partial charge in [0, 0.05) is 31.9 Å². The summed E-state index contributed by atoms with van der Waals surface area (Å²) in [5.74, 6) is 0.436. The minimum Gasteiger partial charge on any atom is -0.467 e. The minimum atomic E-state index is -0.195. The van der Waals surface area contributed by atoms with Crippen molar-refractivity contribution < 1.29 is 14.0 Å². The lowest BCUT2D eigenvalue weighted by Gasteiger charge is -2.37. The molecule has 1 saturated carbocycles. The van der Waals surface area contributed by atoms with Gasteiger partial charge in [-0.15, -0.1) is 0 Å². The van der Waals surface area contributed by atoms with Crippen LogP contribution in [0.2, 0.25) is 0 Å². The Morgan fingerprint density at radius 1 is 1.07 bits per heavy atom. The van der Waals surface area contributed by atoms with Crippen LogP contribution in [0.1, 0.15) is 23.3 Å². The summed E-state index contributed by atoms with van der Waals surface area (Å²) >= 11 is 0. The Morgan fingerprint density at radius 3 is 2.57 bits per heavy atom. The molecule has 0 spiro atoms. The topological polar surface area (TPSA) is 65.8 Å². The van der Waals surface area contributed by atoms with E-state index >= 15 is 0 Å². The number of hydrogen-bond acceptors (Lipinski definition) is 4. The van der Waals surface area contributed by atoms with Crippen molar-refractivity contribution in [2.75, 3.05) is 31.1 Å². The SMILES string of the molecule is Cc1cccc(N2CCN(C(=O)C3CC3C(=O)NCc3ccco3)CC2)c1C. The van der Waals surface area contributed by atoms with Crippen LogP contribution in [0.15, 0.2) is 41.0 Å². The fourth-order valence-corrected chi connectivity index (χ4v) is 3.96. The third kappa shape index (κ3) is 3.77. The molecule has 2 heterocycles. The van der Waals surface area contributed by atoms with Gasteiger partial charge in [-0.1, -0.05) is 12.1 Å². The number of piperazine rings is 1. The van der Waals surface area contributed by atoms with Crippen molar-refractivity contribution in [3.8, 4) is 0 Å². The molecule has 4 rings (SSSR count). The molecule has 6 heteroatoms. The predicted molar refractivity (Wildman–Crippen MR) is 107 cm³/mol. The Hall–Kier alpha value is -2.76. The van der Waals surface area contributed by atoms with Gasteiger partial charge in [-0.25, -0.2) is 0 Å². The molecule has 1 aliphatic carbocycles. The van der Waals surface area contributed by atoms with E-state index in [0.717, 1.165) is 18.8 Å². The summed E-state index contributed by atoms with van der Waals surface area (Å²) in [5.41, 5.74) is 3.85. The van der Waals surface area contributed by atoms with Crippen LogP contribution >= 0.6 is 0 Å². The molecule has 2 unspecified atom stereocenters. The number of carbonyl (C=O) groups is 2. The second-order valence-corrected chi connectivity index (χ2v) is 7.78. The smallest absolute Gasteiger partial charge is 0.226 e. The van der Waals surface area contributed by atoms with Crippen LogP contribution in [0.4, 0.5) is 5.69 Å². The van der Waals surface area contributed by atoms with E-state index in [9.17, 15) is 9.59 Å². The Balaban J connectivity index is 1.27. The van der Waals surface area contributed by atoms with Crippen molar-refractivity contribution in [3.63, 3.8) is 0 Å². The molecule has 6 nitrogen and oxygen atoms in total. The Bertz CT molecular complexity index is 854. The second-order valence-electron chi connectivity index (χ2n) is 7.78. The lowest BCUT2D eigenvalue weighted by Crippen LogP contribution is -2.49. The van der Waals surface area contributed by atoms with Gasteiger partial charge in [0.25, 0.3) is 0 Å². The summed E-state index contributed by atoms with van der Waals surface area (Å²) in [4.78, 5) is 29.3. The van der Waals surface area contributed by atoms with E-state index in [1.807, 2.05) is 11.0 Å². The lowest BCUT2D eigenvalue weighted by molar-refractivity contribution is -0.135. The van der Waals surface area contributed by atoms with Crippen molar-refractivity contribution in [1.82, 2.24) is 10.2 Å². The van der Waals surface area contributed by atoms with Crippen LogP contribution in [-0.4, -0.2) is 42.9 Å². The van der Waals surface area contributed by atoms with Gasteiger partial charge in [-0.05, 0) is 49.6 Å². The number of furan rings is 1. The molecule has 1 aromatic heterocycles.